The zero-order chi connectivity index (χ0) is 10.6. The molecule has 0 saturated carbocycles. The molecule has 0 bridgehead atoms. The van der Waals surface area contributed by atoms with Gasteiger partial charge < -0.3 is 15.2 Å². The summed E-state index contributed by atoms with van der Waals surface area (Å²) >= 11 is 0. The van der Waals surface area contributed by atoms with Crippen molar-refractivity contribution in [1.29, 1.82) is 0 Å². The van der Waals surface area contributed by atoms with Crippen LogP contribution in [0.5, 0.6) is 0 Å². The highest BCUT2D eigenvalue weighted by Gasteiger charge is 2.17. The molecule has 0 atom stereocenters. The molecule has 0 unspecified atom stereocenters. The van der Waals surface area contributed by atoms with E-state index in [0.717, 1.165) is 6.42 Å². The summed E-state index contributed by atoms with van der Waals surface area (Å²) in [7, 11) is 1.53. The third kappa shape index (κ3) is 2.28. The van der Waals surface area contributed by atoms with Crippen LogP contribution in [-0.2, 0) is 9.53 Å². The van der Waals surface area contributed by atoms with Crippen LogP contribution in [0.3, 0.4) is 0 Å². The second-order valence-corrected chi connectivity index (χ2v) is 3.03. The number of hydrogen-bond acceptors (Lipinski definition) is 3. The van der Waals surface area contributed by atoms with Crippen molar-refractivity contribution < 1.29 is 14.6 Å². The third-order valence-corrected chi connectivity index (χ3v) is 2.08. The standard InChI is InChI=1S/C10H15NO3/c1-3-9(13)11-10-7(12)5-4-6-8(10)14-2/h5,12H,3-4,6H2,1-2H3,(H,11,13). The van der Waals surface area contributed by atoms with Crippen molar-refractivity contribution in [3.8, 4) is 0 Å². The number of carbonyl (C=O) groups is 1. The zero-order valence-electron chi connectivity index (χ0n) is 8.46. The molecule has 1 rings (SSSR count). The lowest BCUT2D eigenvalue weighted by atomic mass is 10.1. The van der Waals surface area contributed by atoms with E-state index in [2.05, 4.69) is 5.32 Å². The van der Waals surface area contributed by atoms with E-state index in [1.165, 1.54) is 7.11 Å². The van der Waals surface area contributed by atoms with Crippen LogP contribution in [0, 0.1) is 0 Å². The molecule has 0 aromatic rings. The van der Waals surface area contributed by atoms with Crippen molar-refractivity contribution in [2.75, 3.05) is 7.11 Å². The highest BCUT2D eigenvalue weighted by atomic mass is 16.5. The normalized spacial score (nSPS) is 16.3. The Morgan fingerprint density at radius 3 is 3.00 bits per heavy atom. The fourth-order valence-corrected chi connectivity index (χ4v) is 1.28. The number of allylic oxidation sites excluding steroid dienone is 2. The van der Waals surface area contributed by atoms with Crippen LogP contribution in [0.2, 0.25) is 0 Å². The first-order valence-corrected chi connectivity index (χ1v) is 4.65. The van der Waals surface area contributed by atoms with Gasteiger partial charge in [-0.15, -0.1) is 0 Å². The fourth-order valence-electron chi connectivity index (χ4n) is 1.28. The summed E-state index contributed by atoms with van der Waals surface area (Å²) < 4.78 is 5.08. The molecular formula is C10H15NO3. The van der Waals surface area contributed by atoms with Crippen LogP contribution < -0.4 is 5.32 Å². The molecule has 0 aliphatic heterocycles. The van der Waals surface area contributed by atoms with E-state index in [9.17, 15) is 9.90 Å². The Labute approximate surface area is 83.3 Å². The minimum Gasteiger partial charge on any atom is -0.506 e. The monoisotopic (exact) mass is 197 g/mol. The molecule has 2 N–H and O–H groups in total. The molecule has 0 fully saturated rings. The van der Waals surface area contributed by atoms with E-state index in [1.807, 2.05) is 0 Å². The molecule has 0 heterocycles. The molecule has 0 radical (unpaired) electrons. The van der Waals surface area contributed by atoms with Gasteiger partial charge in [-0.2, -0.15) is 0 Å². The third-order valence-electron chi connectivity index (χ3n) is 2.08. The number of ether oxygens (including phenoxy) is 1. The maximum absolute atomic E-state index is 11.1. The Morgan fingerprint density at radius 1 is 1.71 bits per heavy atom. The lowest BCUT2D eigenvalue weighted by molar-refractivity contribution is -0.120. The highest BCUT2D eigenvalue weighted by molar-refractivity contribution is 5.78. The summed E-state index contributed by atoms with van der Waals surface area (Å²) in [5, 5.41) is 12.1. The summed E-state index contributed by atoms with van der Waals surface area (Å²) in [5.74, 6) is 0.595. The predicted octanol–water partition coefficient (Wildman–Crippen LogP) is 1.61. The van der Waals surface area contributed by atoms with Crippen LogP contribution in [0.1, 0.15) is 26.2 Å². The van der Waals surface area contributed by atoms with Crippen LogP contribution in [-0.4, -0.2) is 18.1 Å². The van der Waals surface area contributed by atoms with Crippen LogP contribution >= 0.6 is 0 Å². The van der Waals surface area contributed by atoms with Gasteiger partial charge >= 0.3 is 0 Å². The van der Waals surface area contributed by atoms with Gasteiger partial charge in [0.15, 0.2) is 0 Å². The van der Waals surface area contributed by atoms with Crippen molar-refractivity contribution in [2.24, 2.45) is 0 Å². The van der Waals surface area contributed by atoms with Crippen molar-refractivity contribution in [1.82, 2.24) is 5.32 Å². The molecule has 4 heteroatoms. The second kappa shape index (κ2) is 4.69. The topological polar surface area (TPSA) is 58.6 Å². The molecular weight excluding hydrogens is 182 g/mol. The first kappa shape index (κ1) is 10.6. The first-order valence-electron chi connectivity index (χ1n) is 4.65. The predicted molar refractivity (Wildman–Crippen MR) is 52.4 cm³/mol. The SMILES string of the molecule is CCC(=O)NC1=C(OC)CCC=C1O. The number of aliphatic hydroxyl groups is 1. The molecule has 1 aliphatic rings. The molecule has 0 aromatic heterocycles. The Kier molecular flexibility index (Phi) is 3.56. The van der Waals surface area contributed by atoms with Gasteiger partial charge in [0.25, 0.3) is 0 Å². The largest absolute Gasteiger partial charge is 0.506 e. The lowest BCUT2D eigenvalue weighted by Gasteiger charge is -2.17. The lowest BCUT2D eigenvalue weighted by Crippen LogP contribution is -2.25. The minimum absolute atomic E-state index is 0.0925. The number of nitrogens with one attached hydrogen (secondary N) is 1. The van der Waals surface area contributed by atoms with Gasteiger partial charge in [0.05, 0.1) is 7.11 Å². The first-order chi connectivity index (χ1) is 6.69. The minimum atomic E-state index is -0.128. The maximum atomic E-state index is 11.1. The maximum Gasteiger partial charge on any atom is 0.224 e. The number of aliphatic hydroxyl groups excluding tert-OH is 1. The molecule has 0 spiro atoms. The van der Waals surface area contributed by atoms with E-state index in [4.69, 9.17) is 4.74 Å². The fraction of sp³-hybridized carbons (Fsp3) is 0.500. The Balaban J connectivity index is 2.83. The zero-order valence-corrected chi connectivity index (χ0v) is 8.46. The summed E-state index contributed by atoms with van der Waals surface area (Å²) in [6.45, 7) is 1.76. The molecule has 0 aromatic carbocycles. The Hall–Kier alpha value is -1.45. The van der Waals surface area contributed by atoms with Gasteiger partial charge in [0.2, 0.25) is 5.91 Å². The molecule has 4 nitrogen and oxygen atoms in total. The molecule has 1 aliphatic carbocycles. The van der Waals surface area contributed by atoms with Gasteiger partial charge in [0, 0.05) is 12.8 Å². The number of hydrogen-bond donors (Lipinski definition) is 2. The van der Waals surface area contributed by atoms with E-state index in [-0.39, 0.29) is 11.7 Å². The van der Waals surface area contributed by atoms with Crippen molar-refractivity contribution in [3.63, 3.8) is 0 Å². The average Bonchev–Trinajstić information content (AvgIpc) is 2.20. The number of carbonyl (C=O) groups excluding carboxylic acids is 1. The van der Waals surface area contributed by atoms with Crippen LogP contribution in [0.25, 0.3) is 0 Å². The second-order valence-electron chi connectivity index (χ2n) is 3.03. The summed E-state index contributed by atoms with van der Waals surface area (Å²) in [5.41, 5.74) is 0.408. The van der Waals surface area contributed by atoms with E-state index in [1.54, 1.807) is 13.0 Å². The average molecular weight is 197 g/mol. The van der Waals surface area contributed by atoms with Gasteiger partial charge in [-0.1, -0.05) is 6.92 Å². The van der Waals surface area contributed by atoms with Crippen molar-refractivity contribution in [3.05, 3.63) is 23.3 Å². The summed E-state index contributed by atoms with van der Waals surface area (Å²) in [6, 6.07) is 0. The molecule has 1 amide bonds. The summed E-state index contributed by atoms with van der Waals surface area (Å²) in [4.78, 5) is 11.1. The van der Waals surface area contributed by atoms with Crippen LogP contribution in [0.15, 0.2) is 23.3 Å². The van der Waals surface area contributed by atoms with Gasteiger partial charge in [-0.25, -0.2) is 0 Å². The summed E-state index contributed by atoms with van der Waals surface area (Å²) in [6.07, 6.45) is 3.50. The quantitative estimate of drug-likeness (QED) is 0.722. The van der Waals surface area contributed by atoms with Crippen LogP contribution in [0.4, 0.5) is 0 Å². The van der Waals surface area contributed by atoms with Gasteiger partial charge in [-0.3, -0.25) is 4.79 Å². The Bertz CT molecular complexity index is 292. The smallest absolute Gasteiger partial charge is 0.224 e. The molecule has 14 heavy (non-hydrogen) atoms. The molecule has 78 valence electrons. The number of methoxy groups -OCH3 is 1. The van der Waals surface area contributed by atoms with Crippen molar-refractivity contribution in [2.45, 2.75) is 26.2 Å². The number of amides is 1. The van der Waals surface area contributed by atoms with E-state index < -0.39 is 0 Å². The van der Waals surface area contributed by atoms with Gasteiger partial charge in [-0.05, 0) is 12.5 Å². The molecule has 0 saturated heterocycles. The highest BCUT2D eigenvalue weighted by Crippen LogP contribution is 2.22. The van der Waals surface area contributed by atoms with E-state index in [0.29, 0.717) is 24.3 Å². The Morgan fingerprint density at radius 2 is 2.43 bits per heavy atom. The number of rotatable bonds is 3. The van der Waals surface area contributed by atoms with Crippen molar-refractivity contribution >= 4 is 5.91 Å². The van der Waals surface area contributed by atoms with Gasteiger partial charge in [0.1, 0.15) is 17.2 Å². The van der Waals surface area contributed by atoms with E-state index >= 15 is 0 Å².